The van der Waals surface area contributed by atoms with Crippen molar-refractivity contribution in [2.24, 2.45) is 29.6 Å². The van der Waals surface area contributed by atoms with Crippen LogP contribution < -0.4 is 0 Å². The third-order valence-corrected chi connectivity index (χ3v) is 8.75. The quantitative estimate of drug-likeness (QED) is 0.423. The zero-order valence-corrected chi connectivity index (χ0v) is 18.6. The van der Waals surface area contributed by atoms with Crippen molar-refractivity contribution in [1.29, 1.82) is 0 Å². The van der Waals surface area contributed by atoms with E-state index in [1.165, 1.54) is 82.6 Å². The lowest BCUT2D eigenvalue weighted by Crippen LogP contribution is -2.30. The largest absolute Gasteiger partial charge is 0.207 e. The van der Waals surface area contributed by atoms with Gasteiger partial charge in [-0.25, -0.2) is 4.39 Å². The molecule has 3 aliphatic carbocycles. The maximum absolute atomic E-state index is 14.4. The van der Waals surface area contributed by atoms with Crippen LogP contribution >= 0.6 is 0 Å². The summed E-state index contributed by atoms with van der Waals surface area (Å²) < 4.78 is 14.4. The van der Waals surface area contributed by atoms with Gasteiger partial charge in [-0.15, -0.1) is 6.58 Å². The average molecular weight is 397 g/mol. The van der Waals surface area contributed by atoms with Gasteiger partial charge in [0.15, 0.2) is 0 Å². The van der Waals surface area contributed by atoms with Gasteiger partial charge in [-0.1, -0.05) is 70.1 Å². The molecule has 0 aliphatic heterocycles. The number of benzene rings is 1. The zero-order chi connectivity index (χ0) is 20.2. The monoisotopic (exact) mass is 396 g/mol. The van der Waals surface area contributed by atoms with Crippen LogP contribution in [0.4, 0.5) is 4.39 Å². The van der Waals surface area contributed by atoms with Crippen LogP contribution in [0.3, 0.4) is 0 Å². The maximum Gasteiger partial charge on any atom is 0.126 e. The molecule has 0 nitrogen and oxygen atoms in total. The van der Waals surface area contributed by atoms with Gasteiger partial charge in [-0.3, -0.25) is 0 Å². The lowest BCUT2D eigenvalue weighted by molar-refractivity contribution is 0.109. The highest BCUT2D eigenvalue weighted by Crippen LogP contribution is 2.49. The van der Waals surface area contributed by atoms with Gasteiger partial charge in [0.1, 0.15) is 5.82 Å². The van der Waals surface area contributed by atoms with Gasteiger partial charge in [0, 0.05) is 0 Å². The molecule has 0 N–H and O–H groups in total. The molecule has 3 fully saturated rings. The highest BCUT2D eigenvalue weighted by molar-refractivity contribution is 5.28. The lowest BCUT2D eigenvalue weighted by Gasteiger charge is -2.43. The van der Waals surface area contributed by atoms with E-state index < -0.39 is 0 Å². The molecule has 4 atom stereocenters. The molecular formula is C28H41F. The molecule has 0 aromatic heterocycles. The Hall–Kier alpha value is -1.11. The summed E-state index contributed by atoms with van der Waals surface area (Å²) in [6.45, 7) is 6.16. The summed E-state index contributed by atoms with van der Waals surface area (Å²) in [7, 11) is 0. The molecule has 1 heteroatoms. The van der Waals surface area contributed by atoms with E-state index in [0.717, 1.165) is 35.2 Å². The van der Waals surface area contributed by atoms with Gasteiger partial charge < -0.3 is 0 Å². The fraction of sp³-hybridized carbons (Fsp3) is 0.714. The van der Waals surface area contributed by atoms with Crippen molar-refractivity contribution in [2.75, 3.05) is 0 Å². The highest BCUT2D eigenvalue weighted by Gasteiger charge is 2.36. The second-order valence-electron chi connectivity index (χ2n) is 10.8. The Morgan fingerprint density at radius 2 is 1.59 bits per heavy atom. The van der Waals surface area contributed by atoms with Gasteiger partial charge in [-0.05, 0) is 91.2 Å². The summed E-state index contributed by atoms with van der Waals surface area (Å²) in [4.78, 5) is 0. The average Bonchev–Trinajstić information content (AvgIpc) is 2.74. The van der Waals surface area contributed by atoms with Crippen molar-refractivity contribution >= 4 is 0 Å². The van der Waals surface area contributed by atoms with E-state index in [0.29, 0.717) is 12.3 Å². The van der Waals surface area contributed by atoms with Crippen LogP contribution in [0, 0.1) is 35.4 Å². The summed E-state index contributed by atoms with van der Waals surface area (Å²) in [5.74, 6) is 5.36. The van der Waals surface area contributed by atoms with E-state index in [2.05, 4.69) is 19.6 Å². The normalized spacial score (nSPS) is 35.1. The Morgan fingerprint density at radius 1 is 0.897 bits per heavy atom. The molecule has 0 bridgehead atoms. The second-order valence-corrected chi connectivity index (χ2v) is 10.8. The topological polar surface area (TPSA) is 0 Å². The molecule has 1 aromatic rings. The molecule has 0 spiro atoms. The fourth-order valence-corrected chi connectivity index (χ4v) is 6.78. The van der Waals surface area contributed by atoms with Crippen LogP contribution in [-0.2, 0) is 6.42 Å². The first-order chi connectivity index (χ1) is 14.1. The number of fused-ring (bicyclic) bond motifs is 1. The van der Waals surface area contributed by atoms with Crippen molar-refractivity contribution < 1.29 is 4.39 Å². The molecule has 0 amide bonds. The molecule has 0 saturated heterocycles. The van der Waals surface area contributed by atoms with Gasteiger partial charge in [-0.2, -0.15) is 0 Å². The van der Waals surface area contributed by atoms with E-state index in [1.54, 1.807) is 6.08 Å². The SMILES string of the molecule is C=CCc1ccc(C2CCC3CC(CCC4CCC(C)CC4)CCC3C2)cc1F. The van der Waals surface area contributed by atoms with Gasteiger partial charge in [0.25, 0.3) is 0 Å². The van der Waals surface area contributed by atoms with Gasteiger partial charge >= 0.3 is 0 Å². The van der Waals surface area contributed by atoms with Crippen molar-refractivity contribution in [2.45, 2.75) is 96.3 Å². The van der Waals surface area contributed by atoms with Crippen molar-refractivity contribution in [1.82, 2.24) is 0 Å². The second kappa shape index (κ2) is 9.80. The zero-order valence-electron chi connectivity index (χ0n) is 18.6. The van der Waals surface area contributed by atoms with Crippen LogP contribution in [-0.4, -0.2) is 0 Å². The number of allylic oxidation sites excluding steroid dienone is 1. The smallest absolute Gasteiger partial charge is 0.126 e. The molecule has 3 aliphatic rings. The first-order valence-electron chi connectivity index (χ1n) is 12.5. The molecule has 4 unspecified atom stereocenters. The van der Waals surface area contributed by atoms with E-state index in [9.17, 15) is 4.39 Å². The van der Waals surface area contributed by atoms with E-state index >= 15 is 0 Å². The third kappa shape index (κ3) is 5.33. The number of hydrogen-bond acceptors (Lipinski definition) is 0. The van der Waals surface area contributed by atoms with Crippen molar-refractivity contribution in [3.05, 3.63) is 47.8 Å². The molecule has 1 aromatic carbocycles. The minimum absolute atomic E-state index is 0.0367. The summed E-state index contributed by atoms with van der Waals surface area (Å²) in [5.41, 5.74) is 2.02. The lowest BCUT2D eigenvalue weighted by atomic mass is 9.63. The van der Waals surface area contributed by atoms with Crippen LogP contribution in [0.5, 0.6) is 0 Å². The molecule has 3 saturated carbocycles. The first kappa shape index (κ1) is 21.1. The molecule has 29 heavy (non-hydrogen) atoms. The standard InChI is InChI=1S/C28H41F/c1-3-4-23-13-14-27(19-28(23)29)26-16-15-24-17-22(11-12-25(24)18-26)10-9-21-7-5-20(2)6-8-21/h3,13-14,19-22,24-26H,1,4-12,15-18H2,2H3. The fourth-order valence-electron chi connectivity index (χ4n) is 6.78. The van der Waals surface area contributed by atoms with Crippen molar-refractivity contribution in [3.8, 4) is 0 Å². The molecule has 0 heterocycles. The highest BCUT2D eigenvalue weighted by atomic mass is 19.1. The Morgan fingerprint density at radius 3 is 2.34 bits per heavy atom. The Bertz CT molecular complexity index is 669. The van der Waals surface area contributed by atoms with Gasteiger partial charge in [0.05, 0.1) is 0 Å². The summed E-state index contributed by atoms with van der Waals surface area (Å²) in [5, 5.41) is 0. The third-order valence-electron chi connectivity index (χ3n) is 8.75. The van der Waals surface area contributed by atoms with Crippen molar-refractivity contribution in [3.63, 3.8) is 0 Å². The minimum atomic E-state index is -0.0367. The maximum atomic E-state index is 14.4. The molecule has 160 valence electrons. The number of halogens is 1. The van der Waals surface area contributed by atoms with Crippen LogP contribution in [0.25, 0.3) is 0 Å². The first-order valence-corrected chi connectivity index (χ1v) is 12.5. The minimum Gasteiger partial charge on any atom is -0.207 e. The van der Waals surface area contributed by atoms with E-state index in [1.807, 2.05) is 12.1 Å². The van der Waals surface area contributed by atoms with E-state index in [-0.39, 0.29) is 5.82 Å². The Kier molecular flexibility index (Phi) is 7.14. The summed E-state index contributed by atoms with van der Waals surface area (Å²) >= 11 is 0. The van der Waals surface area contributed by atoms with E-state index in [4.69, 9.17) is 0 Å². The predicted molar refractivity (Wildman–Crippen MR) is 122 cm³/mol. The van der Waals surface area contributed by atoms with Crippen LogP contribution in [0.15, 0.2) is 30.9 Å². The summed E-state index contributed by atoms with van der Waals surface area (Å²) in [6.07, 6.45) is 19.6. The molecular weight excluding hydrogens is 355 g/mol. The molecule has 0 radical (unpaired) electrons. The number of rotatable bonds is 6. The Labute approximate surface area is 178 Å². The van der Waals surface area contributed by atoms with Crippen LogP contribution in [0.2, 0.25) is 0 Å². The Balaban J connectivity index is 1.26. The van der Waals surface area contributed by atoms with Gasteiger partial charge in [0.2, 0.25) is 0 Å². The molecule has 4 rings (SSSR count). The predicted octanol–water partition coefficient (Wildman–Crippen LogP) is 8.46. The summed E-state index contributed by atoms with van der Waals surface area (Å²) in [6, 6.07) is 5.99. The van der Waals surface area contributed by atoms with Crippen LogP contribution in [0.1, 0.15) is 101 Å². The number of hydrogen-bond donors (Lipinski definition) is 0.